The molecule has 8 nitrogen and oxygen atoms in total. The number of fused-ring (bicyclic) bond motifs is 1. The molecule has 1 unspecified atom stereocenters. The Morgan fingerprint density at radius 3 is 1.74 bits per heavy atom. The summed E-state index contributed by atoms with van der Waals surface area (Å²) in [5.74, 6) is 1.10. The van der Waals surface area contributed by atoms with Gasteiger partial charge in [0.2, 0.25) is 6.10 Å². The van der Waals surface area contributed by atoms with E-state index < -0.39 is 18.9 Å². The molecule has 0 aliphatic carbocycles. The van der Waals surface area contributed by atoms with Crippen LogP contribution in [0.2, 0.25) is 0 Å². The van der Waals surface area contributed by atoms with Crippen molar-refractivity contribution in [2.45, 2.75) is 12.3 Å². The first-order valence-corrected chi connectivity index (χ1v) is 11.7. The topological polar surface area (TPSA) is 140 Å². The van der Waals surface area contributed by atoms with Crippen molar-refractivity contribution in [2.75, 3.05) is 6.61 Å². The fourth-order valence-electron chi connectivity index (χ4n) is 3.27. The van der Waals surface area contributed by atoms with Crippen molar-refractivity contribution in [3.63, 3.8) is 0 Å². The van der Waals surface area contributed by atoms with Crippen molar-refractivity contribution in [1.29, 1.82) is 21.0 Å². The fraction of sp³-hybridized carbons (Fsp3) is 0.111. The number of furan rings is 2. The van der Waals surface area contributed by atoms with Gasteiger partial charge in [0.05, 0.1) is 0 Å². The summed E-state index contributed by atoms with van der Waals surface area (Å²) in [6, 6.07) is 13.2. The number of allylic oxidation sites excluding steroid dienone is 6. The molecule has 4 heterocycles. The van der Waals surface area contributed by atoms with E-state index in [-0.39, 0.29) is 33.3 Å². The maximum atomic E-state index is 13.4. The first-order chi connectivity index (χ1) is 18.8. The zero-order valence-electron chi connectivity index (χ0n) is 19.5. The van der Waals surface area contributed by atoms with Crippen LogP contribution >= 0.6 is 11.3 Å². The molecule has 0 radical (unpaired) electrons. The van der Waals surface area contributed by atoms with Crippen molar-refractivity contribution in [3.05, 3.63) is 71.2 Å². The minimum absolute atomic E-state index is 0.0700. The van der Waals surface area contributed by atoms with Crippen molar-refractivity contribution in [2.24, 2.45) is 0 Å². The van der Waals surface area contributed by atoms with E-state index in [4.69, 9.17) is 39.4 Å². The van der Waals surface area contributed by atoms with E-state index in [1.54, 1.807) is 48.5 Å². The van der Waals surface area contributed by atoms with Crippen molar-refractivity contribution < 1.29 is 31.5 Å². The van der Waals surface area contributed by atoms with Crippen LogP contribution in [-0.2, 0) is 0 Å². The fourth-order valence-corrected chi connectivity index (χ4v) is 4.37. The van der Waals surface area contributed by atoms with Crippen LogP contribution in [0.1, 0.15) is 11.5 Å². The molecular weight excluding hydrogens is 533 g/mol. The number of hydrogen-bond donors (Lipinski definition) is 0. The van der Waals surface area contributed by atoms with Crippen LogP contribution in [-0.4, -0.2) is 18.9 Å². The van der Waals surface area contributed by atoms with Gasteiger partial charge >= 0.3 is 6.18 Å². The van der Waals surface area contributed by atoms with Gasteiger partial charge in [-0.2, -0.15) is 34.2 Å². The second kappa shape index (κ2) is 11.3. The number of ether oxygens (including phenoxy) is 2. The van der Waals surface area contributed by atoms with E-state index in [0.29, 0.717) is 22.2 Å². The Morgan fingerprint density at radius 1 is 0.795 bits per heavy atom. The van der Waals surface area contributed by atoms with Crippen LogP contribution in [0.25, 0.3) is 33.4 Å². The van der Waals surface area contributed by atoms with E-state index in [1.807, 2.05) is 0 Å². The third kappa shape index (κ3) is 5.94. The lowest BCUT2D eigenvalue weighted by Gasteiger charge is -2.27. The van der Waals surface area contributed by atoms with Crippen molar-refractivity contribution in [1.82, 2.24) is 0 Å². The van der Waals surface area contributed by atoms with Gasteiger partial charge in [0.25, 0.3) is 0 Å². The number of nitriles is 4. The number of halogens is 3. The highest BCUT2D eigenvalue weighted by Gasteiger charge is 2.47. The number of rotatable bonds is 6. The van der Waals surface area contributed by atoms with Crippen LogP contribution in [0, 0.1) is 45.3 Å². The maximum Gasteiger partial charge on any atom is 0.428 e. The third-order valence-corrected chi connectivity index (χ3v) is 6.24. The molecule has 0 saturated carbocycles. The molecule has 0 amide bonds. The van der Waals surface area contributed by atoms with Gasteiger partial charge in [-0.3, -0.25) is 0 Å². The van der Waals surface area contributed by atoms with Gasteiger partial charge < -0.3 is 18.3 Å². The van der Waals surface area contributed by atoms with E-state index in [1.165, 1.54) is 36.5 Å². The molecule has 0 N–H and O–H groups in total. The molecule has 1 aliphatic rings. The van der Waals surface area contributed by atoms with Gasteiger partial charge in [0, 0.05) is 0 Å². The van der Waals surface area contributed by atoms with Crippen molar-refractivity contribution in [3.8, 4) is 57.1 Å². The zero-order valence-corrected chi connectivity index (χ0v) is 20.3. The van der Waals surface area contributed by atoms with Gasteiger partial charge in [-0.05, 0) is 48.6 Å². The second-order valence-corrected chi connectivity index (χ2v) is 8.63. The molecular formula is C27H13F3N4O4S. The molecule has 1 atom stereocenters. The van der Waals surface area contributed by atoms with Crippen LogP contribution < -0.4 is 9.47 Å². The molecule has 3 aromatic heterocycles. The largest absolute Gasteiger partial charge is 0.484 e. The molecule has 0 spiro atoms. The first kappa shape index (κ1) is 26.6. The van der Waals surface area contributed by atoms with Gasteiger partial charge in [0.15, 0.2) is 11.5 Å². The Balaban J connectivity index is 1.71. The van der Waals surface area contributed by atoms with Gasteiger partial charge in [-0.25, -0.2) is 0 Å². The Bertz CT molecular complexity index is 1660. The Kier molecular flexibility index (Phi) is 7.72. The predicted octanol–water partition coefficient (Wildman–Crippen LogP) is 6.94. The first-order valence-electron chi connectivity index (χ1n) is 10.9. The molecule has 0 aromatic carbocycles. The summed E-state index contributed by atoms with van der Waals surface area (Å²) in [4.78, 5) is 0.609. The molecule has 1 aliphatic heterocycles. The van der Waals surface area contributed by atoms with E-state index in [2.05, 4.69) is 0 Å². The number of alkyl halides is 3. The predicted molar refractivity (Wildman–Crippen MR) is 132 cm³/mol. The lowest BCUT2D eigenvalue weighted by Crippen LogP contribution is -2.41. The average Bonchev–Trinajstić information content (AvgIpc) is 3.67. The van der Waals surface area contributed by atoms with E-state index >= 15 is 0 Å². The highest BCUT2D eigenvalue weighted by molar-refractivity contribution is 7.19. The summed E-state index contributed by atoms with van der Waals surface area (Å²) in [6.07, 6.45) is 1.64. The smallest absolute Gasteiger partial charge is 0.428 e. The summed E-state index contributed by atoms with van der Waals surface area (Å²) in [5.41, 5.74) is -0.211. The molecule has 0 fully saturated rings. The number of nitrogens with zero attached hydrogens (tertiary/aromatic N) is 4. The standard InChI is InChI=1S/C27H13F3N4O4S/c28-27(29,30)22-15-35-23-24(38-22)26(21-10-8-19(37-21)6-2-4-17(13-33)14-34)39-25(23)20-9-7-18(36-20)5-1-3-16(11-31)12-32/h1-10,22H,15H2/b5-1+,6-2+. The van der Waals surface area contributed by atoms with Gasteiger partial charge in [0.1, 0.15) is 74.8 Å². The maximum absolute atomic E-state index is 13.4. The summed E-state index contributed by atoms with van der Waals surface area (Å²) < 4.78 is 62.7. The second-order valence-electron chi connectivity index (χ2n) is 7.61. The average molecular weight is 546 g/mol. The Morgan fingerprint density at radius 2 is 1.28 bits per heavy atom. The summed E-state index contributed by atoms with van der Waals surface area (Å²) in [6.45, 7) is -0.748. The quantitative estimate of drug-likeness (QED) is 0.239. The highest BCUT2D eigenvalue weighted by atomic mass is 32.1. The lowest BCUT2D eigenvalue weighted by atomic mass is 10.2. The number of hydrogen-bond acceptors (Lipinski definition) is 9. The summed E-state index contributed by atoms with van der Waals surface area (Å²) in [7, 11) is 0. The Labute approximate surface area is 223 Å². The van der Waals surface area contributed by atoms with Gasteiger partial charge in [-0.1, -0.05) is 12.2 Å². The minimum Gasteiger partial charge on any atom is -0.484 e. The van der Waals surface area contributed by atoms with Crippen LogP contribution in [0.15, 0.2) is 68.6 Å². The van der Waals surface area contributed by atoms with Crippen LogP contribution in [0.4, 0.5) is 13.2 Å². The highest BCUT2D eigenvalue weighted by Crippen LogP contribution is 2.55. The SMILES string of the molecule is N#CC(C#N)=C/C=C/c1ccc(-c2sc(-c3ccc(/C=C/C=C(C#N)C#N)o3)c3c2OCC(C(F)(F)F)O3)o1. The summed E-state index contributed by atoms with van der Waals surface area (Å²) in [5, 5.41) is 35.2. The van der Waals surface area contributed by atoms with Gasteiger partial charge in [-0.15, -0.1) is 11.3 Å². The molecule has 12 heteroatoms. The van der Waals surface area contributed by atoms with E-state index in [0.717, 1.165) is 11.3 Å². The zero-order chi connectivity index (χ0) is 28.0. The molecule has 4 rings (SSSR count). The van der Waals surface area contributed by atoms with Crippen LogP contribution in [0.5, 0.6) is 11.5 Å². The molecule has 0 bridgehead atoms. The van der Waals surface area contributed by atoms with E-state index in [9.17, 15) is 13.2 Å². The molecule has 3 aromatic rings. The van der Waals surface area contributed by atoms with Crippen molar-refractivity contribution >= 4 is 23.5 Å². The lowest BCUT2D eigenvalue weighted by molar-refractivity contribution is -0.207. The molecule has 39 heavy (non-hydrogen) atoms. The monoisotopic (exact) mass is 546 g/mol. The molecule has 192 valence electrons. The van der Waals surface area contributed by atoms with Crippen LogP contribution in [0.3, 0.4) is 0 Å². The normalized spacial score (nSPS) is 14.3. The minimum atomic E-state index is -4.67. The summed E-state index contributed by atoms with van der Waals surface area (Å²) >= 11 is 1.04. The molecule has 0 saturated heterocycles. The third-order valence-electron chi connectivity index (χ3n) is 5.06. The number of thiophene rings is 1. The Hall–Kier alpha value is -5.43.